The summed E-state index contributed by atoms with van der Waals surface area (Å²) in [6.45, 7) is 1.79. The van der Waals surface area contributed by atoms with E-state index in [4.69, 9.17) is 15.3 Å². The fourth-order valence-electron chi connectivity index (χ4n) is 1.05. The van der Waals surface area contributed by atoms with E-state index in [0.29, 0.717) is 6.42 Å². The summed E-state index contributed by atoms with van der Waals surface area (Å²) in [5, 5.41) is 26.3. The molecule has 0 radical (unpaired) electrons. The van der Waals surface area contributed by atoms with Gasteiger partial charge in [-0.15, -0.1) is 0 Å². The van der Waals surface area contributed by atoms with Gasteiger partial charge in [0.05, 0.1) is 12.2 Å². The normalized spacial score (nSPS) is 49.3. The molecule has 0 aromatic carbocycles. The Morgan fingerprint density at radius 3 is 1.89 bits per heavy atom. The minimum Gasteiger partial charge on any atom is -0.396 e. The molecule has 1 saturated carbocycles. The molecule has 2 atom stereocenters. The van der Waals surface area contributed by atoms with Crippen LogP contribution < -0.4 is 0 Å². The Morgan fingerprint density at radius 1 is 1.33 bits per heavy atom. The van der Waals surface area contributed by atoms with Crippen molar-refractivity contribution in [3.05, 3.63) is 0 Å². The number of rotatable bonds is 2. The van der Waals surface area contributed by atoms with Gasteiger partial charge in [-0.05, 0) is 6.42 Å². The second kappa shape index (κ2) is 1.94. The first-order valence-corrected chi connectivity index (χ1v) is 3.10. The molecule has 0 amide bonds. The molecule has 1 aliphatic rings. The monoisotopic (exact) mass is 132 g/mol. The van der Waals surface area contributed by atoms with Gasteiger partial charge < -0.3 is 15.3 Å². The molecule has 1 rings (SSSR count). The second-order valence-corrected chi connectivity index (χ2v) is 2.87. The first-order valence-electron chi connectivity index (χ1n) is 3.10. The summed E-state index contributed by atoms with van der Waals surface area (Å²) in [6.07, 6.45) is -0.760. The Hall–Kier alpha value is -0.120. The minimum atomic E-state index is -0.621. The molecule has 3 heteroatoms. The average Bonchev–Trinajstić information content (AvgIpc) is 2.22. The van der Waals surface area contributed by atoms with Crippen LogP contribution in [0.5, 0.6) is 0 Å². The van der Waals surface area contributed by atoms with Crippen molar-refractivity contribution in [1.82, 2.24) is 0 Å². The third kappa shape index (κ3) is 0.852. The molecule has 0 aromatic heterocycles. The van der Waals surface area contributed by atoms with E-state index in [1.807, 2.05) is 0 Å². The zero-order valence-corrected chi connectivity index (χ0v) is 5.41. The molecule has 0 bridgehead atoms. The van der Waals surface area contributed by atoms with Crippen LogP contribution in [0.4, 0.5) is 0 Å². The van der Waals surface area contributed by atoms with Crippen LogP contribution in [-0.4, -0.2) is 34.1 Å². The van der Waals surface area contributed by atoms with Crippen LogP contribution in [0.15, 0.2) is 0 Å². The molecule has 0 heterocycles. The van der Waals surface area contributed by atoms with Crippen LogP contribution >= 0.6 is 0 Å². The summed E-state index contributed by atoms with van der Waals surface area (Å²) in [7, 11) is 0. The van der Waals surface area contributed by atoms with Gasteiger partial charge in [-0.2, -0.15) is 0 Å². The summed E-state index contributed by atoms with van der Waals surface area (Å²) in [4.78, 5) is 0. The predicted octanol–water partition coefficient (Wildman–Crippen LogP) is -0.890. The van der Waals surface area contributed by atoms with Crippen LogP contribution in [0.25, 0.3) is 0 Å². The third-order valence-corrected chi connectivity index (χ3v) is 2.19. The maximum absolute atomic E-state index is 8.92. The highest BCUT2D eigenvalue weighted by Crippen LogP contribution is 2.48. The highest BCUT2D eigenvalue weighted by molar-refractivity contribution is 5.09. The molecule has 2 unspecified atom stereocenters. The van der Waals surface area contributed by atoms with E-state index in [1.54, 1.807) is 6.92 Å². The zero-order valence-electron chi connectivity index (χ0n) is 5.41. The second-order valence-electron chi connectivity index (χ2n) is 2.87. The molecule has 0 aliphatic heterocycles. The van der Waals surface area contributed by atoms with Gasteiger partial charge in [0, 0.05) is 12.0 Å². The lowest BCUT2D eigenvalue weighted by Gasteiger charge is -2.03. The molecule has 0 aromatic rings. The van der Waals surface area contributed by atoms with Crippen molar-refractivity contribution in [3.63, 3.8) is 0 Å². The van der Waals surface area contributed by atoms with E-state index in [-0.39, 0.29) is 6.61 Å². The quantitative estimate of drug-likeness (QED) is 0.457. The van der Waals surface area contributed by atoms with Crippen molar-refractivity contribution in [3.8, 4) is 0 Å². The van der Waals surface area contributed by atoms with Gasteiger partial charge in [-0.25, -0.2) is 0 Å². The van der Waals surface area contributed by atoms with E-state index in [2.05, 4.69) is 0 Å². The standard InChI is InChI=1S/C6H12O3/c1-6(2-3-7)4(8)5(6)9/h4-5,7-9H,2-3H2,1H3. The number of aliphatic hydroxyl groups excluding tert-OH is 3. The summed E-state index contributed by atoms with van der Waals surface area (Å²) >= 11 is 0. The first kappa shape index (κ1) is 6.99. The summed E-state index contributed by atoms with van der Waals surface area (Å²) < 4.78 is 0. The minimum absolute atomic E-state index is 0.0324. The highest BCUT2D eigenvalue weighted by atomic mass is 16.4. The number of hydrogen-bond donors (Lipinski definition) is 3. The molecule has 54 valence electrons. The third-order valence-electron chi connectivity index (χ3n) is 2.19. The van der Waals surface area contributed by atoms with E-state index >= 15 is 0 Å². The van der Waals surface area contributed by atoms with Crippen molar-refractivity contribution in [2.75, 3.05) is 6.61 Å². The van der Waals surface area contributed by atoms with Gasteiger partial charge in [0.2, 0.25) is 0 Å². The number of hydrogen-bond acceptors (Lipinski definition) is 3. The van der Waals surface area contributed by atoms with Gasteiger partial charge in [0.15, 0.2) is 0 Å². The molecular formula is C6H12O3. The fourth-order valence-corrected chi connectivity index (χ4v) is 1.05. The Balaban J connectivity index is 2.40. The van der Waals surface area contributed by atoms with E-state index in [9.17, 15) is 0 Å². The van der Waals surface area contributed by atoms with Gasteiger partial charge in [0.1, 0.15) is 0 Å². The van der Waals surface area contributed by atoms with Crippen molar-refractivity contribution in [2.45, 2.75) is 25.6 Å². The predicted molar refractivity (Wildman–Crippen MR) is 31.8 cm³/mol. The highest BCUT2D eigenvalue weighted by Gasteiger charge is 2.59. The van der Waals surface area contributed by atoms with Gasteiger partial charge >= 0.3 is 0 Å². The van der Waals surface area contributed by atoms with Crippen LogP contribution in [-0.2, 0) is 0 Å². The molecule has 0 spiro atoms. The largest absolute Gasteiger partial charge is 0.396 e. The smallest absolute Gasteiger partial charge is 0.0885 e. The summed E-state index contributed by atoms with van der Waals surface area (Å²) in [5.74, 6) is 0. The molecule has 0 saturated heterocycles. The number of aliphatic hydroxyl groups is 3. The Kier molecular flexibility index (Phi) is 1.50. The van der Waals surface area contributed by atoms with Crippen LogP contribution in [0.1, 0.15) is 13.3 Å². The Labute approximate surface area is 53.9 Å². The van der Waals surface area contributed by atoms with Crippen LogP contribution in [0, 0.1) is 5.41 Å². The lowest BCUT2D eigenvalue weighted by atomic mass is 10.1. The fraction of sp³-hybridized carbons (Fsp3) is 1.00. The molecule has 9 heavy (non-hydrogen) atoms. The van der Waals surface area contributed by atoms with Gasteiger partial charge in [0.25, 0.3) is 0 Å². The van der Waals surface area contributed by atoms with Gasteiger partial charge in [-0.1, -0.05) is 6.92 Å². The lowest BCUT2D eigenvalue weighted by Crippen LogP contribution is -2.05. The van der Waals surface area contributed by atoms with E-state index < -0.39 is 17.6 Å². The molecular weight excluding hydrogens is 120 g/mol. The summed E-state index contributed by atoms with van der Waals surface area (Å²) in [6, 6.07) is 0. The molecule has 3 nitrogen and oxygen atoms in total. The average molecular weight is 132 g/mol. The molecule has 1 aliphatic carbocycles. The molecule has 3 N–H and O–H groups in total. The van der Waals surface area contributed by atoms with Crippen molar-refractivity contribution in [2.24, 2.45) is 5.41 Å². The Bertz CT molecular complexity index is 105. The maximum Gasteiger partial charge on any atom is 0.0885 e. The lowest BCUT2D eigenvalue weighted by molar-refractivity contribution is 0.180. The topological polar surface area (TPSA) is 60.7 Å². The zero-order chi connectivity index (χ0) is 7.07. The van der Waals surface area contributed by atoms with Crippen molar-refractivity contribution < 1.29 is 15.3 Å². The van der Waals surface area contributed by atoms with Crippen LogP contribution in [0.3, 0.4) is 0 Å². The van der Waals surface area contributed by atoms with Crippen molar-refractivity contribution in [1.29, 1.82) is 0 Å². The Morgan fingerprint density at radius 2 is 1.78 bits per heavy atom. The van der Waals surface area contributed by atoms with Gasteiger partial charge in [-0.3, -0.25) is 0 Å². The maximum atomic E-state index is 8.92. The summed E-state index contributed by atoms with van der Waals surface area (Å²) in [5.41, 5.74) is -0.422. The van der Waals surface area contributed by atoms with E-state index in [1.165, 1.54) is 0 Å². The first-order chi connectivity index (χ1) is 4.13. The van der Waals surface area contributed by atoms with E-state index in [0.717, 1.165) is 0 Å². The molecule has 1 fully saturated rings. The van der Waals surface area contributed by atoms with Crippen LogP contribution in [0.2, 0.25) is 0 Å². The SMILES string of the molecule is CC1(CCO)C(O)C1O. The van der Waals surface area contributed by atoms with Crippen molar-refractivity contribution >= 4 is 0 Å².